The second-order valence-corrected chi connectivity index (χ2v) is 10.6. The Morgan fingerprint density at radius 2 is 1.69 bits per heavy atom. The number of hydrogen-bond donors (Lipinski definition) is 2. The molecule has 5 heteroatoms. The molecule has 1 saturated carbocycles. The van der Waals surface area contributed by atoms with Gasteiger partial charge in [0.25, 0.3) is 5.91 Å². The zero-order valence-corrected chi connectivity index (χ0v) is 18.5. The van der Waals surface area contributed by atoms with Gasteiger partial charge in [0.2, 0.25) is 5.91 Å². The van der Waals surface area contributed by atoms with E-state index in [-0.39, 0.29) is 28.6 Å². The summed E-state index contributed by atoms with van der Waals surface area (Å²) in [5.41, 5.74) is 2.84. The molecule has 1 heterocycles. The standard InChI is InChI=1S/C24H30N2O2S/c1-23(2)19(24(23,3)4)21(28)26-22-18(16-12-8-9-13-17(16)29-22)20(27)25-14-15-10-6-5-7-11-15/h5-7,10-11,19H,8-9,12-14H2,1-4H3,(H,25,27)(H,26,28). The molecule has 4 nitrogen and oxygen atoms in total. The van der Waals surface area contributed by atoms with E-state index in [9.17, 15) is 9.59 Å². The molecular weight excluding hydrogens is 380 g/mol. The van der Waals surface area contributed by atoms with Crippen molar-refractivity contribution in [2.24, 2.45) is 16.7 Å². The van der Waals surface area contributed by atoms with E-state index in [1.165, 1.54) is 4.88 Å². The van der Waals surface area contributed by atoms with Gasteiger partial charge in [0.1, 0.15) is 5.00 Å². The van der Waals surface area contributed by atoms with Gasteiger partial charge in [-0.3, -0.25) is 9.59 Å². The van der Waals surface area contributed by atoms with Crippen LogP contribution < -0.4 is 10.6 Å². The molecule has 1 aromatic carbocycles. The van der Waals surface area contributed by atoms with Crippen molar-refractivity contribution in [1.82, 2.24) is 5.32 Å². The van der Waals surface area contributed by atoms with E-state index in [1.807, 2.05) is 30.3 Å². The summed E-state index contributed by atoms with van der Waals surface area (Å²) in [6, 6.07) is 9.92. The summed E-state index contributed by atoms with van der Waals surface area (Å²) >= 11 is 1.59. The maximum absolute atomic E-state index is 13.1. The highest BCUT2D eigenvalue weighted by atomic mass is 32.1. The topological polar surface area (TPSA) is 58.2 Å². The molecule has 2 aliphatic carbocycles. The molecule has 0 unspecified atom stereocenters. The fraction of sp³-hybridized carbons (Fsp3) is 0.500. The molecule has 154 valence electrons. The molecule has 0 aliphatic heterocycles. The van der Waals surface area contributed by atoms with Crippen molar-refractivity contribution in [3.63, 3.8) is 0 Å². The number of carbonyl (C=O) groups excluding carboxylic acids is 2. The Bertz CT molecular complexity index is 929. The first-order valence-electron chi connectivity index (χ1n) is 10.5. The van der Waals surface area contributed by atoms with Crippen LogP contribution in [-0.4, -0.2) is 11.8 Å². The van der Waals surface area contributed by atoms with Crippen LogP contribution in [0, 0.1) is 16.7 Å². The Morgan fingerprint density at radius 1 is 1.03 bits per heavy atom. The van der Waals surface area contributed by atoms with Gasteiger partial charge in [-0.2, -0.15) is 0 Å². The van der Waals surface area contributed by atoms with Crippen LogP contribution in [0.5, 0.6) is 0 Å². The summed E-state index contributed by atoms with van der Waals surface area (Å²) in [5, 5.41) is 6.93. The fourth-order valence-corrected chi connectivity index (χ4v) is 6.09. The first-order valence-corrected chi connectivity index (χ1v) is 11.3. The number of rotatable bonds is 5. The van der Waals surface area contributed by atoms with Gasteiger partial charge in [0, 0.05) is 17.3 Å². The Balaban J connectivity index is 1.57. The summed E-state index contributed by atoms with van der Waals surface area (Å²) < 4.78 is 0. The van der Waals surface area contributed by atoms with Crippen molar-refractivity contribution in [1.29, 1.82) is 0 Å². The quantitative estimate of drug-likeness (QED) is 0.714. The number of fused-ring (bicyclic) bond motifs is 1. The van der Waals surface area contributed by atoms with Gasteiger partial charge in [-0.15, -0.1) is 11.3 Å². The summed E-state index contributed by atoms with van der Waals surface area (Å²) in [5.74, 6) is -0.0806. The number of amides is 2. The predicted octanol–water partition coefficient (Wildman–Crippen LogP) is 5.18. The van der Waals surface area contributed by atoms with Crippen LogP contribution >= 0.6 is 11.3 Å². The average Bonchev–Trinajstić information content (AvgIpc) is 2.95. The molecular formula is C24H30N2O2S. The smallest absolute Gasteiger partial charge is 0.254 e. The van der Waals surface area contributed by atoms with Gasteiger partial charge in [-0.05, 0) is 47.6 Å². The highest BCUT2D eigenvalue weighted by Crippen LogP contribution is 2.68. The van der Waals surface area contributed by atoms with Crippen LogP contribution in [0.4, 0.5) is 5.00 Å². The first-order chi connectivity index (χ1) is 13.7. The lowest BCUT2D eigenvalue weighted by atomic mass is 9.95. The molecule has 0 spiro atoms. The first kappa shape index (κ1) is 20.1. The highest BCUT2D eigenvalue weighted by Gasteiger charge is 2.68. The second-order valence-electron chi connectivity index (χ2n) is 9.45. The maximum Gasteiger partial charge on any atom is 0.254 e. The lowest BCUT2D eigenvalue weighted by Crippen LogP contribution is -2.26. The van der Waals surface area contributed by atoms with E-state index < -0.39 is 0 Å². The second kappa shape index (κ2) is 7.28. The normalized spacial score (nSPS) is 19.3. The number of aryl methyl sites for hydroxylation is 1. The van der Waals surface area contributed by atoms with Crippen LogP contribution in [0.1, 0.15) is 66.9 Å². The molecule has 2 aromatic rings. The van der Waals surface area contributed by atoms with E-state index in [0.29, 0.717) is 12.1 Å². The molecule has 2 amide bonds. The summed E-state index contributed by atoms with van der Waals surface area (Å²) in [7, 11) is 0. The molecule has 2 N–H and O–H groups in total. The molecule has 29 heavy (non-hydrogen) atoms. The van der Waals surface area contributed by atoms with Crippen LogP contribution in [0.3, 0.4) is 0 Å². The fourth-order valence-electron chi connectivity index (χ4n) is 4.80. The average molecular weight is 411 g/mol. The third-order valence-electron chi connectivity index (χ3n) is 7.21. The Hall–Kier alpha value is -2.14. The minimum atomic E-state index is -0.0853. The van der Waals surface area contributed by atoms with Crippen LogP contribution in [0.2, 0.25) is 0 Å². The van der Waals surface area contributed by atoms with Crippen LogP contribution in [0.25, 0.3) is 0 Å². The van der Waals surface area contributed by atoms with Crippen molar-refractivity contribution in [2.45, 2.75) is 59.9 Å². The Morgan fingerprint density at radius 3 is 2.34 bits per heavy atom. The largest absolute Gasteiger partial charge is 0.348 e. The van der Waals surface area contributed by atoms with E-state index in [2.05, 4.69) is 38.3 Å². The predicted molar refractivity (Wildman–Crippen MR) is 118 cm³/mol. The van der Waals surface area contributed by atoms with Gasteiger partial charge < -0.3 is 10.6 Å². The van der Waals surface area contributed by atoms with E-state index in [1.54, 1.807) is 11.3 Å². The summed E-state index contributed by atoms with van der Waals surface area (Å²) in [4.78, 5) is 27.4. The van der Waals surface area contributed by atoms with Gasteiger partial charge in [-0.25, -0.2) is 0 Å². The van der Waals surface area contributed by atoms with Crippen molar-refractivity contribution in [2.75, 3.05) is 5.32 Å². The number of benzene rings is 1. The molecule has 4 rings (SSSR count). The van der Waals surface area contributed by atoms with Crippen molar-refractivity contribution in [3.8, 4) is 0 Å². The zero-order valence-electron chi connectivity index (χ0n) is 17.7. The van der Waals surface area contributed by atoms with Crippen molar-refractivity contribution < 1.29 is 9.59 Å². The molecule has 0 atom stereocenters. The van der Waals surface area contributed by atoms with E-state index in [0.717, 1.165) is 41.8 Å². The van der Waals surface area contributed by atoms with Gasteiger partial charge in [-0.1, -0.05) is 58.0 Å². The number of carbonyl (C=O) groups is 2. The Kier molecular flexibility index (Phi) is 5.06. The Labute approximate surface area is 177 Å². The number of hydrogen-bond acceptors (Lipinski definition) is 3. The summed E-state index contributed by atoms with van der Waals surface area (Å²) in [6.45, 7) is 9.06. The summed E-state index contributed by atoms with van der Waals surface area (Å²) in [6.07, 6.45) is 4.15. The minimum absolute atomic E-state index is 0.0241. The third kappa shape index (κ3) is 3.50. The number of anilines is 1. The molecule has 2 aliphatic rings. The number of nitrogens with one attached hydrogen (secondary N) is 2. The molecule has 0 saturated heterocycles. The van der Waals surface area contributed by atoms with Crippen LogP contribution in [-0.2, 0) is 24.2 Å². The van der Waals surface area contributed by atoms with E-state index in [4.69, 9.17) is 0 Å². The maximum atomic E-state index is 13.1. The molecule has 0 bridgehead atoms. The number of thiophene rings is 1. The van der Waals surface area contributed by atoms with Gasteiger partial charge >= 0.3 is 0 Å². The lowest BCUT2D eigenvalue weighted by molar-refractivity contribution is -0.118. The van der Waals surface area contributed by atoms with Gasteiger partial charge in [0.05, 0.1) is 5.56 Å². The molecule has 1 fully saturated rings. The van der Waals surface area contributed by atoms with E-state index >= 15 is 0 Å². The van der Waals surface area contributed by atoms with Crippen molar-refractivity contribution >= 4 is 28.2 Å². The van der Waals surface area contributed by atoms with Gasteiger partial charge in [0.15, 0.2) is 0 Å². The minimum Gasteiger partial charge on any atom is -0.348 e. The lowest BCUT2D eigenvalue weighted by Gasteiger charge is -2.13. The molecule has 0 radical (unpaired) electrons. The highest BCUT2D eigenvalue weighted by molar-refractivity contribution is 7.17. The van der Waals surface area contributed by atoms with Crippen molar-refractivity contribution in [3.05, 3.63) is 51.9 Å². The third-order valence-corrected chi connectivity index (χ3v) is 8.42. The monoisotopic (exact) mass is 410 g/mol. The van der Waals surface area contributed by atoms with Crippen LogP contribution in [0.15, 0.2) is 30.3 Å². The zero-order chi connectivity index (χ0) is 20.8. The molecule has 1 aromatic heterocycles. The SMILES string of the molecule is CC1(C)C(C(=O)Nc2sc3c(c2C(=O)NCc2ccccc2)CCCC3)C1(C)C.